The van der Waals surface area contributed by atoms with Gasteiger partial charge in [-0.2, -0.15) is 0 Å². The number of hydrogen-bond acceptors (Lipinski definition) is 8. The van der Waals surface area contributed by atoms with Gasteiger partial charge in [0.25, 0.3) is 0 Å². The summed E-state index contributed by atoms with van der Waals surface area (Å²) in [5.41, 5.74) is 10.8. The predicted octanol–water partition coefficient (Wildman–Crippen LogP) is -1.96. The Kier molecular flexibility index (Phi) is 13.3. The van der Waals surface area contributed by atoms with Gasteiger partial charge in [0.15, 0.2) is 0 Å². The summed E-state index contributed by atoms with van der Waals surface area (Å²) < 4.78 is 0. The fraction of sp³-hybridized carbons (Fsp3) is 0.708. The second-order valence-corrected chi connectivity index (χ2v) is 9.74. The van der Waals surface area contributed by atoms with Crippen LogP contribution in [0.4, 0.5) is 0 Å². The average molecular weight is 557 g/mol. The standard InChI is InChI=1S/C24H40N6O9/c1-4-12(2)19(24(38)39)29-22(36)16-6-5-11-30(16)23(37)13(3)27-21(35)15(8-10-18(32)33)28-20(34)14(25)7-9-17(26)31/h12-16,19H,4-11,25H2,1-3H3,(H2,26,31)(H,27,35)(H,28,34)(H,29,36)(H,32,33)(H,38,39). The number of nitrogens with one attached hydrogen (secondary N) is 3. The molecule has 1 fully saturated rings. The number of nitrogens with two attached hydrogens (primary N) is 2. The molecule has 5 amide bonds. The smallest absolute Gasteiger partial charge is 0.326 e. The molecule has 0 saturated carbocycles. The van der Waals surface area contributed by atoms with Crippen LogP contribution in [-0.4, -0.2) is 93.3 Å². The summed E-state index contributed by atoms with van der Waals surface area (Å²) in [6, 6.07) is -5.71. The van der Waals surface area contributed by atoms with E-state index in [1.54, 1.807) is 13.8 Å². The summed E-state index contributed by atoms with van der Waals surface area (Å²) in [5.74, 6) is -6.25. The molecule has 0 aliphatic carbocycles. The van der Waals surface area contributed by atoms with E-state index < -0.39 is 78.1 Å². The summed E-state index contributed by atoms with van der Waals surface area (Å²) in [5, 5.41) is 25.8. The Labute approximate surface area is 226 Å². The van der Waals surface area contributed by atoms with Crippen molar-refractivity contribution >= 4 is 41.5 Å². The van der Waals surface area contributed by atoms with Crippen LogP contribution in [0.15, 0.2) is 0 Å². The monoisotopic (exact) mass is 556 g/mol. The zero-order chi connectivity index (χ0) is 29.9. The van der Waals surface area contributed by atoms with Crippen LogP contribution in [0.1, 0.15) is 65.7 Å². The third-order valence-corrected chi connectivity index (χ3v) is 6.66. The fourth-order valence-corrected chi connectivity index (χ4v) is 4.10. The van der Waals surface area contributed by atoms with Crippen LogP contribution in [0.2, 0.25) is 0 Å². The molecule has 0 spiro atoms. The van der Waals surface area contributed by atoms with E-state index in [-0.39, 0.29) is 31.7 Å². The van der Waals surface area contributed by atoms with Crippen LogP contribution in [-0.2, 0) is 33.6 Å². The van der Waals surface area contributed by atoms with Crippen LogP contribution >= 0.6 is 0 Å². The minimum absolute atomic E-state index is 0.0818. The van der Waals surface area contributed by atoms with Gasteiger partial charge in [-0.05, 0) is 38.5 Å². The molecule has 15 nitrogen and oxygen atoms in total. The molecule has 0 radical (unpaired) electrons. The molecule has 0 bridgehead atoms. The van der Waals surface area contributed by atoms with E-state index in [2.05, 4.69) is 16.0 Å². The van der Waals surface area contributed by atoms with Crippen molar-refractivity contribution in [3.63, 3.8) is 0 Å². The van der Waals surface area contributed by atoms with Gasteiger partial charge in [-0.15, -0.1) is 0 Å². The molecular weight excluding hydrogens is 516 g/mol. The van der Waals surface area contributed by atoms with E-state index in [0.29, 0.717) is 19.3 Å². The van der Waals surface area contributed by atoms with Gasteiger partial charge in [-0.25, -0.2) is 4.79 Å². The van der Waals surface area contributed by atoms with Crippen molar-refractivity contribution in [1.82, 2.24) is 20.9 Å². The first-order valence-electron chi connectivity index (χ1n) is 12.9. The molecule has 0 aromatic carbocycles. The number of carbonyl (C=O) groups is 7. The second-order valence-electron chi connectivity index (χ2n) is 9.74. The summed E-state index contributed by atoms with van der Waals surface area (Å²) >= 11 is 0. The summed E-state index contributed by atoms with van der Waals surface area (Å²) in [7, 11) is 0. The zero-order valence-electron chi connectivity index (χ0n) is 22.5. The van der Waals surface area contributed by atoms with Crippen LogP contribution in [0, 0.1) is 5.92 Å². The van der Waals surface area contributed by atoms with E-state index >= 15 is 0 Å². The van der Waals surface area contributed by atoms with E-state index in [9.17, 15) is 38.7 Å². The third kappa shape index (κ3) is 10.5. The van der Waals surface area contributed by atoms with Crippen molar-refractivity contribution < 1.29 is 43.8 Å². The van der Waals surface area contributed by atoms with Crippen molar-refractivity contribution in [2.75, 3.05) is 6.54 Å². The van der Waals surface area contributed by atoms with Crippen LogP contribution < -0.4 is 27.4 Å². The number of rotatable bonds is 16. The minimum atomic E-state index is -1.34. The Morgan fingerprint density at radius 1 is 0.949 bits per heavy atom. The molecule has 0 aromatic rings. The Balaban J connectivity index is 2.90. The van der Waals surface area contributed by atoms with Gasteiger partial charge in [0.1, 0.15) is 24.2 Å². The summed E-state index contributed by atoms with van der Waals surface area (Å²) in [6.07, 6.45) is 0.313. The lowest BCUT2D eigenvalue weighted by Gasteiger charge is -2.29. The first-order chi connectivity index (χ1) is 18.2. The number of carboxylic acid groups (broad SMARTS) is 2. The van der Waals surface area contributed by atoms with Crippen LogP contribution in [0.5, 0.6) is 0 Å². The quantitative estimate of drug-likeness (QED) is 0.110. The zero-order valence-corrected chi connectivity index (χ0v) is 22.5. The van der Waals surface area contributed by atoms with Crippen molar-refractivity contribution in [2.45, 2.75) is 95.9 Å². The van der Waals surface area contributed by atoms with Crippen LogP contribution in [0.3, 0.4) is 0 Å². The lowest BCUT2D eigenvalue weighted by atomic mass is 9.98. The molecule has 1 saturated heterocycles. The number of aliphatic carboxylic acids is 2. The van der Waals surface area contributed by atoms with E-state index in [0.717, 1.165) is 0 Å². The highest BCUT2D eigenvalue weighted by molar-refractivity contribution is 5.95. The Bertz CT molecular complexity index is 943. The third-order valence-electron chi connectivity index (χ3n) is 6.66. The molecule has 220 valence electrons. The number of amides is 5. The molecule has 1 aliphatic rings. The van der Waals surface area contributed by atoms with Gasteiger partial charge in [-0.3, -0.25) is 28.8 Å². The second kappa shape index (κ2) is 15.6. The molecule has 1 rings (SSSR count). The topological polar surface area (TPSA) is 251 Å². The number of nitrogens with zero attached hydrogens (tertiary/aromatic N) is 1. The Morgan fingerprint density at radius 2 is 1.59 bits per heavy atom. The lowest BCUT2D eigenvalue weighted by molar-refractivity contribution is -0.146. The predicted molar refractivity (Wildman–Crippen MR) is 137 cm³/mol. The van der Waals surface area contributed by atoms with Gasteiger partial charge >= 0.3 is 11.9 Å². The largest absolute Gasteiger partial charge is 0.481 e. The van der Waals surface area contributed by atoms with E-state index in [1.807, 2.05) is 0 Å². The summed E-state index contributed by atoms with van der Waals surface area (Å²) in [6.45, 7) is 5.08. The Hall–Kier alpha value is -3.75. The van der Waals surface area contributed by atoms with E-state index in [4.69, 9.17) is 16.6 Å². The van der Waals surface area contributed by atoms with Crippen molar-refractivity contribution in [1.29, 1.82) is 0 Å². The highest BCUT2D eigenvalue weighted by atomic mass is 16.4. The van der Waals surface area contributed by atoms with Crippen molar-refractivity contribution in [3.05, 3.63) is 0 Å². The number of primary amides is 1. The number of carbonyl (C=O) groups excluding carboxylic acids is 5. The number of carboxylic acids is 2. The van der Waals surface area contributed by atoms with E-state index in [1.165, 1.54) is 11.8 Å². The SMILES string of the molecule is CCC(C)C(NC(=O)C1CCCN1C(=O)C(C)NC(=O)C(CCC(=O)O)NC(=O)C(N)CCC(N)=O)C(=O)O. The molecular formula is C24H40N6O9. The first kappa shape index (κ1) is 33.3. The molecule has 15 heteroatoms. The van der Waals surface area contributed by atoms with Gasteiger partial charge < -0.3 is 42.5 Å². The molecule has 9 N–H and O–H groups in total. The molecule has 0 aromatic heterocycles. The maximum absolute atomic E-state index is 13.1. The molecule has 6 unspecified atom stereocenters. The Morgan fingerprint density at radius 3 is 2.13 bits per heavy atom. The maximum atomic E-state index is 13.1. The number of likely N-dealkylation sites (tertiary alicyclic amines) is 1. The van der Waals surface area contributed by atoms with Gasteiger partial charge in [0.2, 0.25) is 29.5 Å². The molecule has 1 heterocycles. The summed E-state index contributed by atoms with van der Waals surface area (Å²) in [4.78, 5) is 86.2. The minimum Gasteiger partial charge on any atom is -0.481 e. The van der Waals surface area contributed by atoms with Crippen molar-refractivity contribution in [3.8, 4) is 0 Å². The normalized spacial score (nSPS) is 18.7. The highest BCUT2D eigenvalue weighted by Crippen LogP contribution is 2.20. The first-order valence-corrected chi connectivity index (χ1v) is 12.9. The van der Waals surface area contributed by atoms with Crippen LogP contribution in [0.25, 0.3) is 0 Å². The molecule has 1 aliphatic heterocycles. The van der Waals surface area contributed by atoms with Gasteiger partial charge in [-0.1, -0.05) is 20.3 Å². The molecule has 39 heavy (non-hydrogen) atoms. The van der Waals surface area contributed by atoms with Crippen molar-refractivity contribution in [2.24, 2.45) is 17.4 Å². The lowest BCUT2D eigenvalue weighted by Crippen LogP contribution is -2.58. The number of hydrogen-bond donors (Lipinski definition) is 7. The maximum Gasteiger partial charge on any atom is 0.326 e. The fourth-order valence-electron chi connectivity index (χ4n) is 4.10. The molecule has 6 atom stereocenters. The van der Waals surface area contributed by atoms with Gasteiger partial charge in [0, 0.05) is 19.4 Å². The average Bonchev–Trinajstić information content (AvgIpc) is 3.36. The van der Waals surface area contributed by atoms with Gasteiger partial charge in [0.05, 0.1) is 6.04 Å². The highest BCUT2D eigenvalue weighted by Gasteiger charge is 2.39.